The van der Waals surface area contributed by atoms with E-state index in [2.05, 4.69) is 21.3 Å². The molecule has 0 saturated heterocycles. The quantitative estimate of drug-likeness (QED) is 0.184. The van der Waals surface area contributed by atoms with Crippen LogP contribution >= 0.6 is 23.2 Å². The molecule has 0 fully saturated rings. The first-order chi connectivity index (χ1) is 21.2. The fourth-order valence-electron chi connectivity index (χ4n) is 5.67. The summed E-state index contributed by atoms with van der Waals surface area (Å²) in [6, 6.07) is 15.6. The Balaban J connectivity index is 1.48. The van der Waals surface area contributed by atoms with Crippen LogP contribution in [-0.2, 0) is 19.5 Å². The highest BCUT2D eigenvalue weighted by atomic mass is 35.5. The summed E-state index contributed by atoms with van der Waals surface area (Å²) >= 11 is 14.1. The molecule has 2 aromatic heterocycles. The lowest BCUT2D eigenvalue weighted by Gasteiger charge is -2.31. The van der Waals surface area contributed by atoms with Crippen molar-refractivity contribution in [1.29, 1.82) is 0 Å². The minimum atomic E-state index is -0.447. The molecule has 3 heterocycles. The van der Waals surface area contributed by atoms with Crippen molar-refractivity contribution < 1.29 is 19.7 Å². The number of nitrogens with one attached hydrogen (secondary N) is 1. The number of aliphatic hydroxyl groups excluding tert-OH is 2. The molecule has 0 saturated carbocycles. The van der Waals surface area contributed by atoms with Crippen LogP contribution in [-0.4, -0.2) is 71.1 Å². The predicted octanol–water partition coefficient (Wildman–Crippen LogP) is 6.01. The highest BCUT2D eigenvalue weighted by Crippen LogP contribution is 2.43. The van der Waals surface area contributed by atoms with E-state index in [-0.39, 0.29) is 0 Å². The zero-order chi connectivity index (χ0) is 31.4. The summed E-state index contributed by atoms with van der Waals surface area (Å²) in [4.78, 5) is 11.6. The molecule has 0 bridgehead atoms. The standard InChI is InChI=1S/C34H38Cl2N4O4/c1-20(41)16-37-17-23-8-9-29(39-34(23)44-4)27-7-5-6-25(31(27)35)26-10-12-38-33(32(26)36)24-14-22-11-13-40(18-21(2)42)19-28(22)30(15-24)43-3/h5-10,12,14-15,20-21,37,41-42H,11,13,16-19H2,1-4H3/t20-,21-/m0/s1. The van der Waals surface area contributed by atoms with E-state index in [1.807, 2.05) is 49.4 Å². The van der Waals surface area contributed by atoms with Gasteiger partial charge >= 0.3 is 0 Å². The third-order valence-corrected chi connectivity index (χ3v) is 8.53. The van der Waals surface area contributed by atoms with Crippen LogP contribution in [0.4, 0.5) is 0 Å². The molecule has 2 atom stereocenters. The molecule has 0 unspecified atom stereocenters. The van der Waals surface area contributed by atoms with Crippen molar-refractivity contribution in [2.24, 2.45) is 0 Å². The van der Waals surface area contributed by atoms with Crippen LogP contribution in [0.3, 0.4) is 0 Å². The molecular weight excluding hydrogens is 599 g/mol. The summed E-state index contributed by atoms with van der Waals surface area (Å²) in [5.74, 6) is 1.27. The maximum Gasteiger partial charge on any atom is 0.218 e. The number of benzene rings is 2. The van der Waals surface area contributed by atoms with Crippen molar-refractivity contribution >= 4 is 23.2 Å². The summed E-state index contributed by atoms with van der Waals surface area (Å²) < 4.78 is 11.4. The normalized spacial score (nSPS) is 14.6. The Morgan fingerprint density at radius 3 is 2.45 bits per heavy atom. The molecule has 232 valence electrons. The van der Waals surface area contributed by atoms with Gasteiger partial charge in [-0.25, -0.2) is 4.98 Å². The van der Waals surface area contributed by atoms with E-state index in [1.165, 1.54) is 5.56 Å². The monoisotopic (exact) mass is 636 g/mol. The van der Waals surface area contributed by atoms with Gasteiger partial charge in [0.2, 0.25) is 5.88 Å². The van der Waals surface area contributed by atoms with Gasteiger partial charge in [0.15, 0.2) is 0 Å². The Labute approximate surface area is 268 Å². The van der Waals surface area contributed by atoms with Crippen molar-refractivity contribution in [1.82, 2.24) is 20.2 Å². The maximum absolute atomic E-state index is 9.88. The molecule has 10 heteroatoms. The van der Waals surface area contributed by atoms with Gasteiger partial charge in [0.05, 0.1) is 47.9 Å². The van der Waals surface area contributed by atoms with Crippen molar-refractivity contribution in [2.45, 2.75) is 45.6 Å². The van der Waals surface area contributed by atoms with Crippen LogP contribution in [0.1, 0.15) is 30.5 Å². The zero-order valence-electron chi connectivity index (χ0n) is 25.4. The minimum absolute atomic E-state index is 0.390. The third-order valence-electron chi connectivity index (χ3n) is 7.74. The molecule has 1 aliphatic rings. The van der Waals surface area contributed by atoms with Gasteiger partial charge in [0.1, 0.15) is 5.75 Å². The number of pyridine rings is 2. The Kier molecular flexibility index (Phi) is 10.4. The number of hydrogen-bond donors (Lipinski definition) is 3. The molecule has 44 heavy (non-hydrogen) atoms. The first kappa shape index (κ1) is 32.2. The number of β-amino-alcohol motifs (C(OH)–C–C–N with tert-alkyl or cyclic N) is 1. The average Bonchev–Trinajstić information content (AvgIpc) is 3.00. The van der Waals surface area contributed by atoms with Gasteiger partial charge in [0.25, 0.3) is 0 Å². The van der Waals surface area contributed by atoms with Crippen molar-refractivity contribution in [3.8, 4) is 45.3 Å². The highest BCUT2D eigenvalue weighted by Gasteiger charge is 2.24. The molecular formula is C34H38Cl2N4O4. The summed E-state index contributed by atoms with van der Waals surface area (Å²) in [6.07, 6.45) is 1.74. The lowest BCUT2D eigenvalue weighted by molar-refractivity contribution is 0.118. The summed E-state index contributed by atoms with van der Waals surface area (Å²) in [5.41, 5.74) is 7.64. The molecule has 0 amide bonds. The Morgan fingerprint density at radius 2 is 1.73 bits per heavy atom. The smallest absolute Gasteiger partial charge is 0.218 e. The average molecular weight is 638 g/mol. The Morgan fingerprint density at radius 1 is 0.955 bits per heavy atom. The second kappa shape index (κ2) is 14.2. The van der Waals surface area contributed by atoms with E-state index in [9.17, 15) is 10.2 Å². The van der Waals surface area contributed by atoms with Crippen LogP contribution in [0.5, 0.6) is 11.6 Å². The number of methoxy groups -OCH3 is 2. The molecule has 5 rings (SSSR count). The van der Waals surface area contributed by atoms with Crippen LogP contribution in [0.2, 0.25) is 10.0 Å². The molecule has 0 aliphatic carbocycles. The first-order valence-corrected chi connectivity index (χ1v) is 15.4. The van der Waals surface area contributed by atoms with Gasteiger partial charge in [-0.3, -0.25) is 9.88 Å². The van der Waals surface area contributed by atoms with E-state index in [4.69, 9.17) is 37.7 Å². The van der Waals surface area contributed by atoms with E-state index in [0.717, 1.165) is 52.1 Å². The largest absolute Gasteiger partial charge is 0.496 e. The fourth-order valence-corrected chi connectivity index (χ4v) is 6.32. The molecule has 4 aromatic rings. The maximum atomic E-state index is 9.88. The van der Waals surface area contributed by atoms with Crippen LogP contribution in [0, 0.1) is 0 Å². The number of ether oxygens (including phenoxy) is 2. The third kappa shape index (κ3) is 7.01. The van der Waals surface area contributed by atoms with Gasteiger partial charge < -0.3 is 25.0 Å². The van der Waals surface area contributed by atoms with Crippen LogP contribution < -0.4 is 14.8 Å². The van der Waals surface area contributed by atoms with Gasteiger partial charge in [-0.05, 0) is 50.1 Å². The first-order valence-electron chi connectivity index (χ1n) is 14.7. The van der Waals surface area contributed by atoms with Crippen LogP contribution in [0.15, 0.2) is 54.7 Å². The second-order valence-electron chi connectivity index (χ2n) is 11.2. The van der Waals surface area contributed by atoms with E-state index < -0.39 is 12.2 Å². The van der Waals surface area contributed by atoms with Crippen LogP contribution in [0.25, 0.3) is 33.6 Å². The molecule has 2 aromatic carbocycles. The van der Waals surface area contributed by atoms with E-state index >= 15 is 0 Å². The van der Waals surface area contributed by atoms with Crippen molar-refractivity contribution in [2.75, 3.05) is 33.9 Å². The molecule has 0 spiro atoms. The Hall–Kier alpha value is -3.24. The molecule has 0 radical (unpaired) electrons. The summed E-state index contributed by atoms with van der Waals surface area (Å²) in [7, 11) is 3.26. The van der Waals surface area contributed by atoms with Gasteiger partial charge in [-0.2, -0.15) is 0 Å². The predicted molar refractivity (Wildman–Crippen MR) is 176 cm³/mol. The highest BCUT2D eigenvalue weighted by molar-refractivity contribution is 6.39. The van der Waals surface area contributed by atoms with E-state index in [1.54, 1.807) is 27.3 Å². The second-order valence-corrected chi connectivity index (χ2v) is 11.9. The fraction of sp³-hybridized carbons (Fsp3) is 0.353. The number of aromatic nitrogens is 2. The summed E-state index contributed by atoms with van der Waals surface area (Å²) in [6.45, 7) is 6.70. The topological polar surface area (TPSA) is 100.0 Å². The SMILES string of the molecule is COc1cc(-c2nccc(-c3cccc(-c4ccc(CNC[C@H](C)O)c(OC)n4)c3Cl)c2Cl)cc2c1CN(C[C@H](C)O)CC2. The summed E-state index contributed by atoms with van der Waals surface area (Å²) in [5, 5.41) is 23.6. The Bertz CT molecular complexity index is 1610. The molecule has 3 N–H and O–H groups in total. The number of hydrogen-bond acceptors (Lipinski definition) is 8. The molecule has 8 nitrogen and oxygen atoms in total. The van der Waals surface area contributed by atoms with Crippen molar-refractivity contribution in [3.05, 3.63) is 81.5 Å². The van der Waals surface area contributed by atoms with E-state index in [0.29, 0.717) is 53.5 Å². The lowest BCUT2D eigenvalue weighted by atomic mass is 9.93. The lowest BCUT2D eigenvalue weighted by Crippen LogP contribution is -2.35. The number of aliphatic hydroxyl groups is 2. The van der Waals surface area contributed by atoms with Crippen molar-refractivity contribution in [3.63, 3.8) is 0 Å². The zero-order valence-corrected chi connectivity index (χ0v) is 26.9. The van der Waals surface area contributed by atoms with Gasteiger partial charge in [-0.1, -0.05) is 47.5 Å². The number of halogens is 2. The number of fused-ring (bicyclic) bond motifs is 1. The van der Waals surface area contributed by atoms with Gasteiger partial charge in [0, 0.05) is 72.3 Å². The molecule has 1 aliphatic heterocycles. The number of nitrogens with zero attached hydrogens (tertiary/aromatic N) is 3. The minimum Gasteiger partial charge on any atom is -0.496 e. The van der Waals surface area contributed by atoms with Gasteiger partial charge in [-0.15, -0.1) is 0 Å². The number of rotatable bonds is 11.